The lowest BCUT2D eigenvalue weighted by atomic mass is 10.1. The smallest absolute Gasteiger partial charge is 0.198 e. The Morgan fingerprint density at radius 3 is 2.56 bits per heavy atom. The summed E-state index contributed by atoms with van der Waals surface area (Å²) in [7, 11) is 0. The van der Waals surface area contributed by atoms with Gasteiger partial charge in [0.1, 0.15) is 11.6 Å². The number of aliphatic imine (C=N–C) groups is 1. The van der Waals surface area contributed by atoms with E-state index >= 15 is 0 Å². The molecule has 132 valence electrons. The zero-order valence-corrected chi connectivity index (χ0v) is 15.5. The highest BCUT2D eigenvalue weighted by Crippen LogP contribution is 2.19. The van der Waals surface area contributed by atoms with Gasteiger partial charge < -0.3 is 15.3 Å². The average Bonchev–Trinajstić information content (AvgIpc) is 2.63. The molecule has 4 nitrogen and oxygen atoms in total. The fraction of sp³-hybridized carbons (Fsp3) is 0.316. The molecule has 2 aromatic carbocycles. The van der Waals surface area contributed by atoms with Gasteiger partial charge >= 0.3 is 0 Å². The zero-order valence-electron chi connectivity index (χ0n) is 13.9. The molecular weight excluding hydrogens is 385 g/mol. The number of phenols is 1. The molecule has 0 saturated carbocycles. The average molecular weight is 406 g/mol. The molecule has 1 fully saturated rings. The summed E-state index contributed by atoms with van der Waals surface area (Å²) in [5.74, 6) is 0.706. The molecule has 6 heteroatoms. The first kappa shape index (κ1) is 17.7. The maximum Gasteiger partial charge on any atom is 0.198 e. The second kappa shape index (κ2) is 8.34. The van der Waals surface area contributed by atoms with Gasteiger partial charge in [0.15, 0.2) is 5.96 Å². The van der Waals surface area contributed by atoms with Crippen LogP contribution in [-0.2, 0) is 6.54 Å². The Kier molecular flexibility index (Phi) is 5.91. The maximum absolute atomic E-state index is 14.0. The van der Waals surface area contributed by atoms with Crippen LogP contribution in [0.2, 0.25) is 0 Å². The van der Waals surface area contributed by atoms with E-state index in [1.54, 1.807) is 36.4 Å². The Balaban J connectivity index is 1.81. The molecule has 0 atom stereocenters. The van der Waals surface area contributed by atoms with Gasteiger partial charge in [-0.05, 0) is 61.7 Å². The van der Waals surface area contributed by atoms with Crippen molar-refractivity contribution in [3.05, 3.63) is 58.3 Å². The number of anilines is 1. The van der Waals surface area contributed by atoms with Crippen LogP contribution in [0.1, 0.15) is 24.8 Å². The number of piperidine rings is 1. The highest BCUT2D eigenvalue weighted by molar-refractivity contribution is 9.10. The van der Waals surface area contributed by atoms with E-state index < -0.39 is 0 Å². The van der Waals surface area contributed by atoms with E-state index in [9.17, 15) is 9.50 Å². The molecule has 0 radical (unpaired) electrons. The molecule has 1 heterocycles. The van der Waals surface area contributed by atoms with Crippen LogP contribution in [0.15, 0.2) is 51.9 Å². The summed E-state index contributed by atoms with van der Waals surface area (Å²) in [5, 5.41) is 12.7. The van der Waals surface area contributed by atoms with Crippen LogP contribution in [-0.4, -0.2) is 29.1 Å². The van der Waals surface area contributed by atoms with Crippen LogP contribution in [0.3, 0.4) is 0 Å². The van der Waals surface area contributed by atoms with Gasteiger partial charge in [0.2, 0.25) is 0 Å². The third-order valence-electron chi connectivity index (χ3n) is 4.19. The summed E-state index contributed by atoms with van der Waals surface area (Å²) >= 11 is 3.38. The van der Waals surface area contributed by atoms with Gasteiger partial charge in [0, 0.05) is 28.8 Å². The van der Waals surface area contributed by atoms with E-state index in [0.29, 0.717) is 5.56 Å². The first-order valence-corrected chi connectivity index (χ1v) is 9.20. The highest BCUT2D eigenvalue weighted by atomic mass is 79.9. The number of hydrogen-bond acceptors (Lipinski definition) is 2. The molecule has 1 aliphatic heterocycles. The summed E-state index contributed by atoms with van der Waals surface area (Å²) < 4.78 is 14.8. The summed E-state index contributed by atoms with van der Waals surface area (Å²) in [5.41, 5.74) is 1.40. The highest BCUT2D eigenvalue weighted by Gasteiger charge is 2.15. The fourth-order valence-electron chi connectivity index (χ4n) is 2.82. The number of rotatable bonds is 3. The Morgan fingerprint density at radius 2 is 1.84 bits per heavy atom. The van der Waals surface area contributed by atoms with Crippen molar-refractivity contribution >= 4 is 27.6 Å². The number of likely N-dealkylation sites (tertiary alicyclic amines) is 1. The Hall–Kier alpha value is -2.08. The summed E-state index contributed by atoms with van der Waals surface area (Å²) in [6.07, 6.45) is 3.48. The molecule has 0 amide bonds. The molecule has 0 aliphatic carbocycles. The van der Waals surface area contributed by atoms with Gasteiger partial charge in [0.25, 0.3) is 0 Å². The van der Waals surface area contributed by atoms with Crippen LogP contribution < -0.4 is 5.32 Å². The van der Waals surface area contributed by atoms with Crippen LogP contribution in [0.4, 0.5) is 10.1 Å². The lowest BCUT2D eigenvalue weighted by Gasteiger charge is -2.30. The molecule has 0 bridgehead atoms. The van der Waals surface area contributed by atoms with Gasteiger partial charge in [0.05, 0.1) is 6.54 Å². The van der Waals surface area contributed by atoms with Crippen molar-refractivity contribution in [1.82, 2.24) is 4.90 Å². The second-order valence-corrected chi connectivity index (χ2v) is 7.01. The first-order chi connectivity index (χ1) is 12.1. The molecule has 0 spiro atoms. The number of aromatic hydroxyl groups is 1. The van der Waals surface area contributed by atoms with Gasteiger partial charge in [-0.25, -0.2) is 9.38 Å². The molecule has 1 saturated heterocycles. The second-order valence-electron chi connectivity index (χ2n) is 6.10. The first-order valence-electron chi connectivity index (χ1n) is 8.41. The number of benzene rings is 2. The molecule has 2 N–H and O–H groups in total. The fourth-order valence-corrected chi connectivity index (χ4v) is 3.23. The van der Waals surface area contributed by atoms with Gasteiger partial charge in [-0.3, -0.25) is 0 Å². The Labute approximate surface area is 155 Å². The van der Waals surface area contributed by atoms with Crippen molar-refractivity contribution in [3.8, 4) is 5.75 Å². The Morgan fingerprint density at radius 1 is 1.12 bits per heavy atom. The van der Waals surface area contributed by atoms with Crippen molar-refractivity contribution in [2.75, 3.05) is 18.4 Å². The quantitative estimate of drug-likeness (QED) is 0.440. The third-order valence-corrected chi connectivity index (χ3v) is 4.68. The van der Waals surface area contributed by atoms with Crippen molar-refractivity contribution in [2.24, 2.45) is 4.99 Å². The largest absolute Gasteiger partial charge is 0.508 e. The van der Waals surface area contributed by atoms with Crippen LogP contribution in [0.25, 0.3) is 0 Å². The third kappa shape index (κ3) is 4.95. The summed E-state index contributed by atoms with van der Waals surface area (Å²) in [6, 6.07) is 11.7. The van der Waals surface area contributed by atoms with Crippen molar-refractivity contribution in [2.45, 2.75) is 25.8 Å². The van der Waals surface area contributed by atoms with E-state index in [1.807, 2.05) is 0 Å². The van der Waals surface area contributed by atoms with Crippen molar-refractivity contribution in [3.63, 3.8) is 0 Å². The number of nitrogens with zero attached hydrogens (tertiary/aromatic N) is 2. The standard InChI is InChI=1S/C19H21BrFN3O/c20-15-4-9-18(21)14(12-15)13-22-19(24-10-2-1-3-11-24)23-16-5-7-17(25)8-6-16/h4-9,12,25H,1-3,10-11,13H2,(H,22,23). The molecule has 2 aromatic rings. The predicted molar refractivity (Wildman–Crippen MR) is 102 cm³/mol. The van der Waals surface area contributed by atoms with E-state index in [4.69, 9.17) is 0 Å². The maximum atomic E-state index is 14.0. The molecular formula is C19H21BrFN3O. The van der Waals surface area contributed by atoms with Gasteiger partial charge in [-0.1, -0.05) is 15.9 Å². The van der Waals surface area contributed by atoms with Crippen molar-refractivity contribution in [1.29, 1.82) is 0 Å². The van der Waals surface area contributed by atoms with Crippen LogP contribution >= 0.6 is 15.9 Å². The molecule has 0 aromatic heterocycles. The van der Waals surface area contributed by atoms with E-state index in [-0.39, 0.29) is 18.1 Å². The lowest BCUT2D eigenvalue weighted by Crippen LogP contribution is -2.40. The Bertz CT molecular complexity index is 743. The number of hydrogen-bond donors (Lipinski definition) is 2. The minimum Gasteiger partial charge on any atom is -0.508 e. The summed E-state index contributed by atoms with van der Waals surface area (Å²) in [4.78, 5) is 6.85. The topological polar surface area (TPSA) is 47.9 Å². The van der Waals surface area contributed by atoms with Gasteiger partial charge in [-0.15, -0.1) is 0 Å². The SMILES string of the molecule is Oc1ccc(NC(=NCc2cc(Br)ccc2F)N2CCCCC2)cc1. The van der Waals surface area contributed by atoms with Crippen LogP contribution in [0, 0.1) is 5.82 Å². The number of guanidine groups is 1. The number of halogens is 2. The van der Waals surface area contributed by atoms with Crippen LogP contribution in [0.5, 0.6) is 5.75 Å². The minimum absolute atomic E-state index is 0.221. The number of nitrogens with one attached hydrogen (secondary N) is 1. The number of phenolic OH excluding ortho intramolecular Hbond substituents is 1. The van der Waals surface area contributed by atoms with Gasteiger partial charge in [-0.2, -0.15) is 0 Å². The normalized spacial score (nSPS) is 15.3. The van der Waals surface area contributed by atoms with E-state index in [2.05, 4.69) is 31.1 Å². The molecule has 0 unspecified atom stereocenters. The predicted octanol–water partition coefficient (Wildman–Crippen LogP) is 4.75. The minimum atomic E-state index is -0.255. The lowest BCUT2D eigenvalue weighted by molar-refractivity contribution is 0.340. The molecule has 3 rings (SSSR count). The summed E-state index contributed by atoms with van der Waals surface area (Å²) in [6.45, 7) is 2.14. The monoisotopic (exact) mass is 405 g/mol. The zero-order chi connectivity index (χ0) is 17.6. The van der Waals surface area contributed by atoms with E-state index in [1.165, 1.54) is 12.5 Å². The molecule has 1 aliphatic rings. The molecule has 25 heavy (non-hydrogen) atoms. The van der Waals surface area contributed by atoms with E-state index in [0.717, 1.165) is 42.1 Å². The van der Waals surface area contributed by atoms with Crippen molar-refractivity contribution < 1.29 is 9.50 Å².